The van der Waals surface area contributed by atoms with Gasteiger partial charge in [-0.1, -0.05) is 35.2 Å². The summed E-state index contributed by atoms with van der Waals surface area (Å²) in [6.45, 7) is 1.96. The van der Waals surface area contributed by atoms with Gasteiger partial charge in [-0.3, -0.25) is 4.98 Å². The largest absolute Gasteiger partial charge is 0.486 e. The number of fused-ring (bicyclic) bond motifs is 4. The van der Waals surface area contributed by atoms with E-state index in [1.54, 1.807) is 17.5 Å². The molecule has 0 saturated heterocycles. The van der Waals surface area contributed by atoms with Crippen molar-refractivity contribution in [3.8, 4) is 22.5 Å². The quantitative estimate of drug-likeness (QED) is 0.177. The maximum Gasteiger partial charge on any atom is 0.216 e. The first-order valence-electron chi connectivity index (χ1n) is 11.2. The molecule has 0 aliphatic heterocycles. The molecule has 2 aromatic carbocycles. The maximum atomic E-state index is 6.03. The van der Waals surface area contributed by atoms with Crippen molar-refractivity contribution in [1.82, 2.24) is 15.0 Å². The normalized spacial score (nSPS) is 10.7. The molecule has 0 saturated carbocycles. The molecule has 0 fully saturated rings. The number of aromatic nitrogens is 3. The van der Waals surface area contributed by atoms with Crippen molar-refractivity contribution < 1.29 is 24.5 Å². The van der Waals surface area contributed by atoms with Gasteiger partial charge in [0.1, 0.15) is 4.83 Å². The van der Waals surface area contributed by atoms with E-state index in [0.717, 1.165) is 54.8 Å². The maximum absolute atomic E-state index is 6.03. The molecule has 0 unspecified atom stereocenters. The Labute approximate surface area is 226 Å². The molecule has 4 nitrogen and oxygen atoms in total. The average Bonchev–Trinajstić information content (AvgIpc) is 3.53. The number of rotatable bonds is 2. The second-order valence-corrected chi connectivity index (χ2v) is 8.90. The number of furan rings is 1. The standard InChI is InChI=1S/C19H11N2OS.C11H8N.Ir/c1-11-5-7-14-13-3-2-4-15(17(13)22-18(14)20-11)16-8-6-12-9-10-23-19(12)21-16;1-2-6-10(7-3-1)11-8-4-5-9-12-11;/h2-3,5-10H,1H3;1-6,8-9H;/q2*-1;. The Morgan fingerprint density at radius 3 is 2.53 bits per heavy atom. The zero-order chi connectivity index (χ0) is 23.6. The minimum absolute atomic E-state index is 0. The van der Waals surface area contributed by atoms with Crippen LogP contribution in [0.3, 0.4) is 0 Å². The zero-order valence-electron chi connectivity index (χ0n) is 19.2. The summed E-state index contributed by atoms with van der Waals surface area (Å²) in [6.07, 6.45) is 1.79. The molecule has 0 aliphatic rings. The summed E-state index contributed by atoms with van der Waals surface area (Å²) >= 11 is 1.64. The van der Waals surface area contributed by atoms with Crippen LogP contribution in [0.2, 0.25) is 0 Å². The van der Waals surface area contributed by atoms with Gasteiger partial charge in [0.05, 0.1) is 5.58 Å². The van der Waals surface area contributed by atoms with Crippen molar-refractivity contribution in [3.63, 3.8) is 0 Å². The van der Waals surface area contributed by atoms with E-state index in [4.69, 9.17) is 9.40 Å². The van der Waals surface area contributed by atoms with Crippen molar-refractivity contribution in [2.75, 3.05) is 0 Å². The Balaban J connectivity index is 0.000000175. The summed E-state index contributed by atoms with van der Waals surface area (Å²) < 4.78 is 6.03. The van der Waals surface area contributed by atoms with Gasteiger partial charge in [-0.15, -0.1) is 65.4 Å². The molecule has 0 atom stereocenters. The third-order valence-corrected chi connectivity index (χ3v) is 6.48. The van der Waals surface area contributed by atoms with Crippen LogP contribution in [-0.2, 0) is 20.1 Å². The van der Waals surface area contributed by atoms with Gasteiger partial charge in [-0.05, 0) is 48.0 Å². The van der Waals surface area contributed by atoms with Crippen LogP contribution < -0.4 is 0 Å². The monoisotopic (exact) mass is 662 g/mol. The third kappa shape index (κ3) is 4.71. The molecule has 36 heavy (non-hydrogen) atoms. The number of thiophene rings is 1. The van der Waals surface area contributed by atoms with Crippen LogP contribution in [0, 0.1) is 19.1 Å². The van der Waals surface area contributed by atoms with Gasteiger partial charge in [-0.25, -0.2) is 4.98 Å². The number of benzene rings is 2. The molecule has 5 aromatic heterocycles. The first-order valence-corrected chi connectivity index (χ1v) is 12.1. The summed E-state index contributed by atoms with van der Waals surface area (Å²) in [5.41, 5.74) is 6.17. The molecule has 5 heterocycles. The second kappa shape index (κ2) is 10.5. The number of nitrogens with zero attached hydrogens (tertiary/aromatic N) is 3. The van der Waals surface area contributed by atoms with Crippen LogP contribution in [0.1, 0.15) is 5.69 Å². The smallest absolute Gasteiger partial charge is 0.216 e. The number of hydrogen-bond donors (Lipinski definition) is 0. The fourth-order valence-electron chi connectivity index (χ4n) is 3.96. The van der Waals surface area contributed by atoms with Gasteiger partial charge in [-0.2, -0.15) is 0 Å². The van der Waals surface area contributed by atoms with Crippen LogP contribution >= 0.6 is 11.3 Å². The van der Waals surface area contributed by atoms with Gasteiger partial charge in [0, 0.05) is 42.8 Å². The van der Waals surface area contributed by atoms with Crippen molar-refractivity contribution >= 4 is 43.6 Å². The van der Waals surface area contributed by atoms with Crippen molar-refractivity contribution in [3.05, 3.63) is 114 Å². The minimum atomic E-state index is 0. The molecule has 177 valence electrons. The molecule has 1 radical (unpaired) electrons. The molecule has 0 bridgehead atoms. The topological polar surface area (TPSA) is 51.8 Å². The molecule has 6 heteroatoms. The predicted molar refractivity (Wildman–Crippen MR) is 142 cm³/mol. The van der Waals surface area contributed by atoms with Crippen LogP contribution in [0.15, 0.2) is 101 Å². The van der Waals surface area contributed by atoms with Crippen molar-refractivity contribution in [2.24, 2.45) is 0 Å². The SMILES string of the molecule is Cc1ccc2c(n1)oc1c(-c3ccc4ccsc4n3)[c-]ccc12.[Ir].[c-]1ccccc1-c1ccccn1. The molecular weight excluding hydrogens is 643 g/mol. The molecule has 0 aliphatic carbocycles. The fraction of sp³-hybridized carbons (Fsp3) is 0.0333. The molecule has 0 spiro atoms. The predicted octanol–water partition coefficient (Wildman–Crippen LogP) is 7.91. The van der Waals surface area contributed by atoms with Gasteiger partial charge < -0.3 is 9.40 Å². The van der Waals surface area contributed by atoms with E-state index in [-0.39, 0.29) is 20.1 Å². The van der Waals surface area contributed by atoms with E-state index in [2.05, 4.69) is 45.7 Å². The summed E-state index contributed by atoms with van der Waals surface area (Å²) in [5.74, 6) is 0. The number of hydrogen-bond acceptors (Lipinski definition) is 5. The minimum Gasteiger partial charge on any atom is -0.486 e. The molecule has 0 amide bonds. The van der Waals surface area contributed by atoms with Crippen molar-refractivity contribution in [1.29, 1.82) is 0 Å². The van der Waals surface area contributed by atoms with Crippen molar-refractivity contribution in [2.45, 2.75) is 6.92 Å². The third-order valence-electron chi connectivity index (χ3n) is 5.66. The van der Waals surface area contributed by atoms with E-state index in [0.29, 0.717) is 5.71 Å². The van der Waals surface area contributed by atoms with Crippen LogP contribution in [0.25, 0.3) is 54.8 Å². The summed E-state index contributed by atoms with van der Waals surface area (Å²) in [4.78, 5) is 14.5. The van der Waals surface area contributed by atoms with Crippen LogP contribution in [0.5, 0.6) is 0 Å². The first kappa shape index (κ1) is 24.0. The summed E-state index contributed by atoms with van der Waals surface area (Å²) in [7, 11) is 0. The van der Waals surface area contributed by atoms with E-state index in [1.165, 1.54) is 0 Å². The summed E-state index contributed by atoms with van der Waals surface area (Å²) in [6, 6.07) is 34.3. The Morgan fingerprint density at radius 2 is 1.69 bits per heavy atom. The first-order chi connectivity index (χ1) is 17.3. The Morgan fingerprint density at radius 1 is 0.778 bits per heavy atom. The molecular formula is C30H19IrN3OS-2. The Kier molecular flexibility index (Phi) is 7.01. The fourth-order valence-corrected chi connectivity index (χ4v) is 4.73. The van der Waals surface area contributed by atoms with E-state index < -0.39 is 0 Å². The summed E-state index contributed by atoms with van der Waals surface area (Å²) in [5, 5.41) is 5.29. The van der Waals surface area contributed by atoms with Crippen LogP contribution in [-0.4, -0.2) is 15.0 Å². The average molecular weight is 662 g/mol. The van der Waals surface area contributed by atoms with Gasteiger partial charge >= 0.3 is 0 Å². The molecule has 7 aromatic rings. The van der Waals surface area contributed by atoms with Gasteiger partial charge in [0.25, 0.3) is 0 Å². The number of pyridine rings is 3. The van der Waals surface area contributed by atoms with E-state index in [9.17, 15) is 0 Å². The molecule has 0 N–H and O–H groups in total. The molecule has 7 rings (SSSR count). The Hall–Kier alpha value is -3.70. The van der Waals surface area contributed by atoms with E-state index >= 15 is 0 Å². The number of aryl methyl sites for hydroxylation is 1. The zero-order valence-corrected chi connectivity index (χ0v) is 22.4. The van der Waals surface area contributed by atoms with Crippen LogP contribution in [0.4, 0.5) is 0 Å². The van der Waals surface area contributed by atoms with E-state index in [1.807, 2.05) is 73.7 Å². The second-order valence-electron chi connectivity index (χ2n) is 8.01. The Bertz CT molecular complexity index is 1720. The van der Waals surface area contributed by atoms with Gasteiger partial charge in [0.2, 0.25) is 5.71 Å². The van der Waals surface area contributed by atoms with Gasteiger partial charge in [0.15, 0.2) is 0 Å².